The monoisotopic (exact) mass is 433 g/mol. The number of halogens is 1. The molecule has 28 heavy (non-hydrogen) atoms. The summed E-state index contributed by atoms with van der Waals surface area (Å²) in [4.78, 5) is 14.8. The van der Waals surface area contributed by atoms with Gasteiger partial charge in [0.25, 0.3) is 5.91 Å². The van der Waals surface area contributed by atoms with Crippen LogP contribution in [0.25, 0.3) is 5.57 Å². The molecule has 1 atom stereocenters. The van der Waals surface area contributed by atoms with E-state index in [1.165, 1.54) is 0 Å². The third kappa shape index (κ3) is 3.48. The van der Waals surface area contributed by atoms with Crippen molar-refractivity contribution in [1.29, 1.82) is 0 Å². The molecule has 140 valence electrons. The second kappa shape index (κ2) is 7.64. The molecule has 4 heteroatoms. The minimum absolute atomic E-state index is 0.176. The lowest BCUT2D eigenvalue weighted by Gasteiger charge is -2.27. The van der Waals surface area contributed by atoms with E-state index in [9.17, 15) is 9.90 Å². The van der Waals surface area contributed by atoms with Crippen LogP contribution in [0.1, 0.15) is 28.3 Å². The van der Waals surface area contributed by atoms with E-state index in [-0.39, 0.29) is 17.7 Å². The van der Waals surface area contributed by atoms with E-state index in [0.29, 0.717) is 12.1 Å². The third-order valence-electron chi connectivity index (χ3n) is 5.03. The number of carbonyl (C=O) groups excluding carboxylic acids is 1. The number of carbonyl (C=O) groups is 1. The lowest BCUT2D eigenvalue weighted by Crippen LogP contribution is -2.29. The van der Waals surface area contributed by atoms with Crippen LogP contribution in [0.2, 0.25) is 0 Å². The first-order valence-electron chi connectivity index (χ1n) is 9.15. The number of aliphatic hydroxyl groups excluding tert-OH is 1. The lowest BCUT2D eigenvalue weighted by molar-refractivity contribution is -0.130. The SMILES string of the molecule is Cc1ccc(C2=C(O)C(=O)N(Cc3ccccc3)[C@H]2c2cccc(Br)c2)cc1. The van der Waals surface area contributed by atoms with Gasteiger partial charge in [0.2, 0.25) is 0 Å². The highest BCUT2D eigenvalue weighted by Crippen LogP contribution is 2.44. The van der Waals surface area contributed by atoms with E-state index in [1.807, 2.05) is 85.8 Å². The van der Waals surface area contributed by atoms with Gasteiger partial charge in [-0.2, -0.15) is 0 Å². The van der Waals surface area contributed by atoms with Crippen LogP contribution in [-0.4, -0.2) is 15.9 Å². The van der Waals surface area contributed by atoms with Gasteiger partial charge in [0.1, 0.15) is 0 Å². The Balaban J connectivity index is 1.83. The van der Waals surface area contributed by atoms with Crippen molar-refractivity contribution >= 4 is 27.4 Å². The molecule has 3 nitrogen and oxygen atoms in total. The quantitative estimate of drug-likeness (QED) is 0.563. The van der Waals surface area contributed by atoms with Gasteiger partial charge in [-0.25, -0.2) is 0 Å². The van der Waals surface area contributed by atoms with Crippen LogP contribution < -0.4 is 0 Å². The predicted octanol–water partition coefficient (Wildman–Crippen LogP) is 5.81. The Morgan fingerprint density at radius 2 is 1.68 bits per heavy atom. The first-order chi connectivity index (χ1) is 13.5. The average Bonchev–Trinajstić information content (AvgIpc) is 2.94. The molecule has 4 rings (SSSR count). The van der Waals surface area contributed by atoms with E-state index < -0.39 is 0 Å². The maximum absolute atomic E-state index is 13.0. The molecule has 1 amide bonds. The third-order valence-corrected chi connectivity index (χ3v) is 5.52. The van der Waals surface area contributed by atoms with Gasteiger partial charge in [0, 0.05) is 16.6 Å². The number of hydrogen-bond acceptors (Lipinski definition) is 2. The van der Waals surface area contributed by atoms with Crippen LogP contribution in [-0.2, 0) is 11.3 Å². The number of aryl methyl sites for hydroxylation is 1. The van der Waals surface area contributed by atoms with Gasteiger partial charge in [-0.3, -0.25) is 4.79 Å². The van der Waals surface area contributed by atoms with E-state index in [1.54, 1.807) is 4.90 Å². The molecule has 0 spiro atoms. The Bertz CT molecular complexity index is 1040. The summed E-state index contributed by atoms with van der Waals surface area (Å²) in [6.45, 7) is 2.45. The second-order valence-corrected chi connectivity index (χ2v) is 7.92. The highest BCUT2D eigenvalue weighted by Gasteiger charge is 2.41. The summed E-state index contributed by atoms with van der Waals surface area (Å²) in [7, 11) is 0. The van der Waals surface area contributed by atoms with Gasteiger partial charge in [-0.05, 0) is 35.7 Å². The molecule has 0 saturated carbocycles. The molecule has 3 aromatic carbocycles. The normalized spacial score (nSPS) is 16.7. The molecule has 0 aliphatic carbocycles. The van der Waals surface area contributed by atoms with Crippen LogP contribution in [0.4, 0.5) is 0 Å². The molecule has 3 aromatic rings. The Morgan fingerprint density at radius 3 is 2.36 bits per heavy atom. The van der Waals surface area contributed by atoms with E-state index in [0.717, 1.165) is 26.7 Å². The number of hydrogen-bond donors (Lipinski definition) is 1. The molecule has 0 unspecified atom stereocenters. The summed E-state index contributed by atoms with van der Waals surface area (Å²) in [5.41, 5.74) is 4.62. The average molecular weight is 434 g/mol. The van der Waals surface area contributed by atoms with Crippen LogP contribution in [0.3, 0.4) is 0 Å². The van der Waals surface area contributed by atoms with Gasteiger partial charge in [0.05, 0.1) is 6.04 Å². The van der Waals surface area contributed by atoms with Crippen molar-refractivity contribution in [2.24, 2.45) is 0 Å². The number of benzene rings is 3. The number of nitrogens with zero attached hydrogens (tertiary/aromatic N) is 1. The lowest BCUT2D eigenvalue weighted by atomic mass is 9.93. The summed E-state index contributed by atoms with van der Waals surface area (Å²) in [5, 5.41) is 10.8. The summed E-state index contributed by atoms with van der Waals surface area (Å²) < 4.78 is 0.937. The maximum Gasteiger partial charge on any atom is 0.290 e. The molecule has 1 heterocycles. The van der Waals surface area contributed by atoms with Gasteiger partial charge in [0.15, 0.2) is 5.76 Å². The van der Waals surface area contributed by atoms with Crippen LogP contribution in [0.5, 0.6) is 0 Å². The van der Waals surface area contributed by atoms with E-state index >= 15 is 0 Å². The molecular weight excluding hydrogens is 414 g/mol. The second-order valence-electron chi connectivity index (χ2n) is 7.00. The zero-order valence-electron chi connectivity index (χ0n) is 15.5. The number of amides is 1. The van der Waals surface area contributed by atoms with Gasteiger partial charge >= 0.3 is 0 Å². The van der Waals surface area contributed by atoms with Crippen molar-refractivity contribution in [2.75, 3.05) is 0 Å². The highest BCUT2D eigenvalue weighted by molar-refractivity contribution is 9.10. The standard InChI is InChI=1S/C24H20BrNO2/c1-16-10-12-18(13-11-16)21-22(19-8-5-9-20(25)14-19)26(24(28)23(21)27)15-17-6-3-2-4-7-17/h2-14,22,27H,15H2,1H3/t22-/m0/s1. The molecule has 0 aromatic heterocycles. The molecular formula is C24H20BrNO2. The van der Waals surface area contributed by atoms with E-state index in [2.05, 4.69) is 15.9 Å². The van der Waals surface area contributed by atoms with Crippen molar-refractivity contribution < 1.29 is 9.90 Å². The van der Waals surface area contributed by atoms with Crippen LogP contribution in [0, 0.1) is 6.92 Å². The molecule has 1 aliphatic heterocycles. The molecule has 0 saturated heterocycles. The van der Waals surface area contributed by atoms with Crippen LogP contribution >= 0.6 is 15.9 Å². The van der Waals surface area contributed by atoms with Crippen molar-refractivity contribution in [1.82, 2.24) is 4.90 Å². The van der Waals surface area contributed by atoms with E-state index in [4.69, 9.17) is 0 Å². The van der Waals surface area contributed by atoms with Crippen molar-refractivity contribution in [3.05, 3.63) is 111 Å². The molecule has 1 N–H and O–H groups in total. The summed E-state index contributed by atoms with van der Waals surface area (Å²) in [6, 6.07) is 25.3. The maximum atomic E-state index is 13.0. The Morgan fingerprint density at radius 1 is 0.964 bits per heavy atom. The minimum atomic E-state index is -0.354. The highest BCUT2D eigenvalue weighted by atomic mass is 79.9. The molecule has 1 aliphatic rings. The molecule has 0 fully saturated rings. The topological polar surface area (TPSA) is 40.5 Å². The largest absolute Gasteiger partial charge is 0.503 e. The fraction of sp³-hybridized carbons (Fsp3) is 0.125. The zero-order valence-corrected chi connectivity index (χ0v) is 17.1. The van der Waals surface area contributed by atoms with Gasteiger partial charge in [-0.15, -0.1) is 0 Å². The Kier molecular flexibility index (Phi) is 5.05. The number of aliphatic hydroxyl groups is 1. The predicted molar refractivity (Wildman–Crippen MR) is 115 cm³/mol. The summed E-state index contributed by atoms with van der Waals surface area (Å²) >= 11 is 3.53. The van der Waals surface area contributed by atoms with Gasteiger partial charge < -0.3 is 10.0 Å². The van der Waals surface area contributed by atoms with Crippen molar-refractivity contribution in [3.8, 4) is 0 Å². The number of rotatable bonds is 4. The summed E-state index contributed by atoms with van der Waals surface area (Å²) in [6.07, 6.45) is 0. The fourth-order valence-electron chi connectivity index (χ4n) is 3.65. The van der Waals surface area contributed by atoms with Crippen molar-refractivity contribution in [2.45, 2.75) is 19.5 Å². The molecule has 0 bridgehead atoms. The molecule has 0 radical (unpaired) electrons. The smallest absolute Gasteiger partial charge is 0.290 e. The zero-order chi connectivity index (χ0) is 19.7. The minimum Gasteiger partial charge on any atom is -0.503 e. The first-order valence-corrected chi connectivity index (χ1v) is 9.94. The fourth-order valence-corrected chi connectivity index (χ4v) is 4.06. The summed E-state index contributed by atoms with van der Waals surface area (Å²) in [5.74, 6) is -0.519. The van der Waals surface area contributed by atoms with Crippen LogP contribution in [0.15, 0.2) is 89.1 Å². The Labute approximate surface area is 173 Å². The van der Waals surface area contributed by atoms with Gasteiger partial charge in [-0.1, -0.05) is 88.2 Å². The Hall–Kier alpha value is -2.85. The first kappa shape index (κ1) is 18.5. The van der Waals surface area contributed by atoms with Crippen molar-refractivity contribution in [3.63, 3.8) is 0 Å².